The summed E-state index contributed by atoms with van der Waals surface area (Å²) >= 11 is 11.9. The monoisotopic (exact) mass is 346 g/mol. The summed E-state index contributed by atoms with van der Waals surface area (Å²) in [6, 6.07) is 2.68. The molecule has 0 radical (unpaired) electrons. The zero-order valence-corrected chi connectivity index (χ0v) is 14.3. The molecular formula is C16H20Cl2O4. The fourth-order valence-corrected chi connectivity index (χ4v) is 1.99. The number of hydrogen-bond donors (Lipinski definition) is 0. The number of carbonyl (C=O) groups is 2. The van der Waals surface area contributed by atoms with Crippen molar-refractivity contribution in [2.75, 3.05) is 13.2 Å². The predicted molar refractivity (Wildman–Crippen MR) is 86.8 cm³/mol. The van der Waals surface area contributed by atoms with Gasteiger partial charge >= 0.3 is 11.9 Å². The summed E-state index contributed by atoms with van der Waals surface area (Å²) in [5.74, 6) is -1.20. The molecule has 0 unspecified atom stereocenters. The first-order valence-corrected chi connectivity index (χ1v) is 8.10. The maximum atomic E-state index is 12.1. The number of unbranched alkanes of at least 4 members (excludes halogenated alkanes) is 2. The summed E-state index contributed by atoms with van der Waals surface area (Å²) in [4.78, 5) is 24.2. The predicted octanol–water partition coefficient (Wildman–Crippen LogP) is 4.91. The quantitative estimate of drug-likeness (QED) is 0.495. The van der Waals surface area contributed by atoms with Gasteiger partial charge in [-0.25, -0.2) is 9.59 Å². The lowest BCUT2D eigenvalue weighted by molar-refractivity contribution is 0.0452. The minimum absolute atomic E-state index is 0.0759. The van der Waals surface area contributed by atoms with Crippen molar-refractivity contribution in [1.82, 2.24) is 0 Å². The first-order chi connectivity index (χ1) is 10.5. The lowest BCUT2D eigenvalue weighted by Gasteiger charge is -2.11. The van der Waals surface area contributed by atoms with E-state index in [0.717, 1.165) is 25.7 Å². The van der Waals surface area contributed by atoms with Gasteiger partial charge in [-0.3, -0.25) is 0 Å². The average Bonchev–Trinajstić information content (AvgIpc) is 2.49. The van der Waals surface area contributed by atoms with Gasteiger partial charge < -0.3 is 9.47 Å². The maximum absolute atomic E-state index is 12.1. The Labute approximate surface area is 140 Å². The van der Waals surface area contributed by atoms with Crippen molar-refractivity contribution in [3.8, 4) is 0 Å². The second kappa shape index (κ2) is 9.70. The molecule has 0 amide bonds. The second-order valence-electron chi connectivity index (χ2n) is 4.79. The Hall–Kier alpha value is -1.26. The molecule has 122 valence electrons. The van der Waals surface area contributed by atoms with Crippen LogP contribution in [0.3, 0.4) is 0 Å². The standard InChI is InChI=1S/C16H20Cl2O4/c1-3-5-7-21-15(19)11-9-13(17)14(18)10-12(11)16(20)22-8-6-4-2/h9-10H,3-8H2,1-2H3. The van der Waals surface area contributed by atoms with E-state index < -0.39 is 11.9 Å². The van der Waals surface area contributed by atoms with Crippen molar-refractivity contribution in [2.45, 2.75) is 39.5 Å². The van der Waals surface area contributed by atoms with E-state index in [-0.39, 0.29) is 21.2 Å². The number of halogens is 2. The van der Waals surface area contributed by atoms with E-state index in [4.69, 9.17) is 32.7 Å². The highest BCUT2D eigenvalue weighted by atomic mass is 35.5. The summed E-state index contributed by atoms with van der Waals surface area (Å²) in [5, 5.41) is 0.378. The highest BCUT2D eigenvalue weighted by Crippen LogP contribution is 2.27. The topological polar surface area (TPSA) is 52.6 Å². The molecule has 0 aliphatic carbocycles. The molecule has 0 spiro atoms. The Balaban J connectivity index is 2.96. The van der Waals surface area contributed by atoms with Crippen LogP contribution >= 0.6 is 23.2 Å². The number of benzene rings is 1. The number of hydrogen-bond acceptors (Lipinski definition) is 4. The summed E-state index contributed by atoms with van der Waals surface area (Å²) < 4.78 is 10.3. The summed E-state index contributed by atoms with van der Waals surface area (Å²) in [7, 11) is 0. The molecule has 1 rings (SSSR count). The Morgan fingerprint density at radius 2 is 1.23 bits per heavy atom. The van der Waals surface area contributed by atoms with Crippen molar-refractivity contribution in [2.24, 2.45) is 0 Å². The Bertz CT molecular complexity index is 482. The van der Waals surface area contributed by atoms with Gasteiger partial charge in [-0.1, -0.05) is 49.9 Å². The molecule has 0 saturated heterocycles. The molecule has 0 aliphatic rings. The van der Waals surface area contributed by atoms with E-state index in [1.54, 1.807) is 0 Å². The van der Waals surface area contributed by atoms with Crippen LogP contribution < -0.4 is 0 Å². The van der Waals surface area contributed by atoms with Crippen LogP contribution in [-0.4, -0.2) is 25.2 Å². The zero-order valence-electron chi connectivity index (χ0n) is 12.8. The van der Waals surface area contributed by atoms with E-state index in [2.05, 4.69) is 0 Å². The SMILES string of the molecule is CCCCOC(=O)c1cc(Cl)c(Cl)cc1C(=O)OCCCC. The third kappa shape index (κ3) is 5.50. The number of esters is 2. The van der Waals surface area contributed by atoms with Crippen LogP contribution in [0.4, 0.5) is 0 Å². The molecule has 0 aliphatic heterocycles. The molecule has 0 aromatic heterocycles. The van der Waals surface area contributed by atoms with E-state index in [1.807, 2.05) is 13.8 Å². The molecule has 0 atom stereocenters. The van der Waals surface area contributed by atoms with Crippen LogP contribution in [0.2, 0.25) is 10.0 Å². The van der Waals surface area contributed by atoms with Gasteiger partial charge in [-0.15, -0.1) is 0 Å². The number of rotatable bonds is 8. The molecule has 0 heterocycles. The van der Waals surface area contributed by atoms with Gasteiger partial charge in [0.1, 0.15) is 0 Å². The smallest absolute Gasteiger partial charge is 0.339 e. The van der Waals surface area contributed by atoms with Crippen LogP contribution in [0.25, 0.3) is 0 Å². The van der Waals surface area contributed by atoms with Crippen LogP contribution in [0, 0.1) is 0 Å². The average molecular weight is 347 g/mol. The molecule has 6 heteroatoms. The third-order valence-corrected chi connectivity index (χ3v) is 3.68. The lowest BCUT2D eigenvalue weighted by Crippen LogP contribution is -2.15. The van der Waals surface area contributed by atoms with E-state index in [1.165, 1.54) is 12.1 Å². The van der Waals surface area contributed by atoms with Crippen LogP contribution in [0.5, 0.6) is 0 Å². The Kier molecular flexibility index (Phi) is 8.28. The van der Waals surface area contributed by atoms with Gasteiger partial charge in [0.05, 0.1) is 34.4 Å². The Morgan fingerprint density at radius 1 is 0.864 bits per heavy atom. The van der Waals surface area contributed by atoms with Crippen molar-refractivity contribution in [3.63, 3.8) is 0 Å². The zero-order chi connectivity index (χ0) is 16.5. The molecule has 22 heavy (non-hydrogen) atoms. The molecule has 0 saturated carbocycles. The van der Waals surface area contributed by atoms with Crippen LogP contribution in [-0.2, 0) is 9.47 Å². The Morgan fingerprint density at radius 3 is 1.55 bits per heavy atom. The van der Waals surface area contributed by atoms with Crippen molar-refractivity contribution in [3.05, 3.63) is 33.3 Å². The van der Waals surface area contributed by atoms with Crippen molar-refractivity contribution >= 4 is 35.1 Å². The summed E-state index contributed by atoms with van der Waals surface area (Å²) in [6.45, 7) is 4.56. The van der Waals surface area contributed by atoms with E-state index in [0.29, 0.717) is 13.2 Å². The summed E-state index contributed by atoms with van der Waals surface area (Å²) in [5.41, 5.74) is 0.152. The van der Waals surface area contributed by atoms with Gasteiger partial charge in [0.15, 0.2) is 0 Å². The minimum Gasteiger partial charge on any atom is -0.462 e. The first-order valence-electron chi connectivity index (χ1n) is 7.34. The molecule has 0 fully saturated rings. The largest absolute Gasteiger partial charge is 0.462 e. The van der Waals surface area contributed by atoms with Crippen LogP contribution in [0.15, 0.2) is 12.1 Å². The van der Waals surface area contributed by atoms with Gasteiger partial charge in [0.2, 0.25) is 0 Å². The number of carbonyl (C=O) groups excluding carboxylic acids is 2. The highest BCUT2D eigenvalue weighted by Gasteiger charge is 2.21. The van der Waals surface area contributed by atoms with E-state index in [9.17, 15) is 9.59 Å². The van der Waals surface area contributed by atoms with Gasteiger partial charge in [-0.2, -0.15) is 0 Å². The molecular weight excluding hydrogens is 327 g/mol. The second-order valence-corrected chi connectivity index (χ2v) is 5.61. The number of ether oxygens (including phenoxy) is 2. The lowest BCUT2D eigenvalue weighted by atomic mass is 10.1. The molecule has 1 aromatic rings. The van der Waals surface area contributed by atoms with Gasteiger partial charge in [0, 0.05) is 0 Å². The fourth-order valence-electron chi connectivity index (χ4n) is 1.66. The van der Waals surface area contributed by atoms with Gasteiger partial charge in [-0.05, 0) is 25.0 Å². The van der Waals surface area contributed by atoms with E-state index >= 15 is 0 Å². The normalized spacial score (nSPS) is 10.4. The molecule has 4 nitrogen and oxygen atoms in total. The molecule has 0 bridgehead atoms. The van der Waals surface area contributed by atoms with Crippen molar-refractivity contribution < 1.29 is 19.1 Å². The molecule has 0 N–H and O–H groups in total. The third-order valence-electron chi connectivity index (χ3n) is 2.96. The van der Waals surface area contributed by atoms with Gasteiger partial charge in [0.25, 0.3) is 0 Å². The maximum Gasteiger partial charge on any atom is 0.339 e. The first kappa shape index (κ1) is 18.8. The van der Waals surface area contributed by atoms with Crippen molar-refractivity contribution in [1.29, 1.82) is 0 Å². The highest BCUT2D eigenvalue weighted by molar-refractivity contribution is 6.42. The summed E-state index contributed by atoms with van der Waals surface area (Å²) in [6.07, 6.45) is 3.31. The minimum atomic E-state index is -0.602. The van der Waals surface area contributed by atoms with Crippen LogP contribution in [0.1, 0.15) is 60.2 Å². The fraction of sp³-hybridized carbons (Fsp3) is 0.500. The molecule has 1 aromatic carbocycles.